The lowest BCUT2D eigenvalue weighted by Gasteiger charge is -2.22. The molecular weight excluding hydrogens is 362 g/mol. The van der Waals surface area contributed by atoms with Crippen LogP contribution in [0.15, 0.2) is 42.5 Å². The second kappa shape index (κ2) is 7.07. The Balaban J connectivity index is 1.77. The maximum Gasteiger partial charge on any atom is 0.337 e. The molecule has 4 aromatic rings. The SMILES string of the molecule is COC(=O)c1ccc2c(C3CCCCC3)c(-c3nc4ccccc4[nH]3)n(C)c2c1. The fourth-order valence-electron chi connectivity index (χ4n) is 4.87. The van der Waals surface area contributed by atoms with Crippen LogP contribution in [0.4, 0.5) is 0 Å². The molecule has 1 N–H and O–H groups in total. The number of hydrogen-bond donors (Lipinski definition) is 1. The van der Waals surface area contributed by atoms with Crippen molar-refractivity contribution >= 4 is 27.9 Å². The molecule has 29 heavy (non-hydrogen) atoms. The molecule has 0 radical (unpaired) electrons. The fourth-order valence-corrected chi connectivity index (χ4v) is 4.87. The van der Waals surface area contributed by atoms with Crippen molar-refractivity contribution in [1.29, 1.82) is 0 Å². The number of nitrogens with zero attached hydrogens (tertiary/aromatic N) is 2. The Kier molecular flexibility index (Phi) is 4.38. The highest BCUT2D eigenvalue weighted by Gasteiger charge is 2.27. The summed E-state index contributed by atoms with van der Waals surface area (Å²) in [5, 5.41) is 1.21. The lowest BCUT2D eigenvalue weighted by atomic mass is 9.82. The number of aromatic amines is 1. The smallest absolute Gasteiger partial charge is 0.337 e. The van der Waals surface area contributed by atoms with E-state index >= 15 is 0 Å². The number of aromatic nitrogens is 3. The van der Waals surface area contributed by atoms with Crippen LogP contribution in [0.1, 0.15) is 53.9 Å². The Bertz CT molecular complexity index is 1180. The minimum Gasteiger partial charge on any atom is -0.465 e. The summed E-state index contributed by atoms with van der Waals surface area (Å²) in [6, 6.07) is 14.0. The van der Waals surface area contributed by atoms with Crippen LogP contribution in [-0.2, 0) is 11.8 Å². The van der Waals surface area contributed by atoms with Crippen molar-refractivity contribution in [2.75, 3.05) is 7.11 Å². The summed E-state index contributed by atoms with van der Waals surface area (Å²) in [4.78, 5) is 20.5. The van der Waals surface area contributed by atoms with Gasteiger partial charge in [0.15, 0.2) is 5.82 Å². The van der Waals surface area contributed by atoms with Gasteiger partial charge >= 0.3 is 5.97 Å². The molecular formula is C24H25N3O2. The zero-order valence-electron chi connectivity index (χ0n) is 16.9. The molecule has 0 aliphatic heterocycles. The highest BCUT2D eigenvalue weighted by atomic mass is 16.5. The molecule has 2 heterocycles. The third kappa shape index (κ3) is 2.92. The van der Waals surface area contributed by atoms with Gasteiger partial charge in [0, 0.05) is 18.0 Å². The van der Waals surface area contributed by atoms with E-state index in [0.29, 0.717) is 11.5 Å². The number of carbonyl (C=O) groups is 1. The zero-order chi connectivity index (χ0) is 20.0. The standard InChI is InChI=1S/C24H25N3O2/c1-27-20-14-16(24(28)29-2)12-13-17(20)21(15-8-4-3-5-9-15)22(27)23-25-18-10-6-7-11-19(18)26-23/h6-7,10-15H,3-5,8-9H2,1-2H3,(H,25,26). The monoisotopic (exact) mass is 387 g/mol. The van der Waals surface area contributed by atoms with Crippen LogP contribution in [0, 0.1) is 0 Å². The van der Waals surface area contributed by atoms with Crippen molar-refractivity contribution in [3.05, 3.63) is 53.6 Å². The van der Waals surface area contributed by atoms with Gasteiger partial charge in [-0.25, -0.2) is 9.78 Å². The summed E-state index contributed by atoms with van der Waals surface area (Å²) in [6.45, 7) is 0. The topological polar surface area (TPSA) is 59.9 Å². The van der Waals surface area contributed by atoms with Gasteiger partial charge in [-0.1, -0.05) is 37.5 Å². The minimum atomic E-state index is -0.308. The first-order chi connectivity index (χ1) is 14.2. The highest BCUT2D eigenvalue weighted by molar-refractivity contribution is 5.98. The number of methoxy groups -OCH3 is 1. The summed E-state index contributed by atoms with van der Waals surface area (Å²) in [5.74, 6) is 1.10. The fraction of sp³-hybridized carbons (Fsp3) is 0.333. The van der Waals surface area contributed by atoms with Gasteiger partial charge in [0.1, 0.15) is 0 Å². The molecule has 0 saturated heterocycles. The first-order valence-corrected chi connectivity index (χ1v) is 10.3. The average Bonchev–Trinajstić information content (AvgIpc) is 3.32. The van der Waals surface area contributed by atoms with E-state index in [1.54, 1.807) is 0 Å². The Morgan fingerprint density at radius 3 is 2.69 bits per heavy atom. The average molecular weight is 387 g/mol. The molecule has 0 spiro atoms. The van der Waals surface area contributed by atoms with Gasteiger partial charge < -0.3 is 14.3 Å². The number of carbonyl (C=O) groups excluding carboxylic acids is 1. The van der Waals surface area contributed by atoms with Crippen LogP contribution in [0.5, 0.6) is 0 Å². The second-order valence-corrected chi connectivity index (χ2v) is 7.98. The predicted octanol–water partition coefficient (Wildman–Crippen LogP) is 5.56. The number of para-hydroxylation sites is 2. The quantitative estimate of drug-likeness (QED) is 0.469. The molecule has 2 aromatic carbocycles. The number of fused-ring (bicyclic) bond motifs is 2. The summed E-state index contributed by atoms with van der Waals surface area (Å²) >= 11 is 0. The van der Waals surface area contributed by atoms with E-state index in [1.807, 2.05) is 30.3 Å². The maximum atomic E-state index is 12.1. The number of esters is 1. The number of nitrogens with one attached hydrogen (secondary N) is 1. The van der Waals surface area contributed by atoms with Gasteiger partial charge in [-0.3, -0.25) is 0 Å². The normalized spacial score (nSPS) is 15.2. The first-order valence-electron chi connectivity index (χ1n) is 10.3. The van der Waals surface area contributed by atoms with E-state index in [9.17, 15) is 4.79 Å². The van der Waals surface area contributed by atoms with Crippen LogP contribution >= 0.6 is 0 Å². The van der Waals surface area contributed by atoms with Crippen LogP contribution < -0.4 is 0 Å². The van der Waals surface area contributed by atoms with Crippen molar-refractivity contribution in [1.82, 2.24) is 14.5 Å². The van der Waals surface area contributed by atoms with E-state index in [2.05, 4.69) is 28.7 Å². The van der Waals surface area contributed by atoms with E-state index in [1.165, 1.54) is 50.2 Å². The number of H-pyrrole nitrogens is 1. The molecule has 148 valence electrons. The first kappa shape index (κ1) is 18.0. The van der Waals surface area contributed by atoms with Crippen molar-refractivity contribution in [3.63, 3.8) is 0 Å². The summed E-state index contributed by atoms with van der Waals surface area (Å²) in [7, 11) is 3.49. The predicted molar refractivity (Wildman–Crippen MR) is 115 cm³/mol. The number of rotatable bonds is 3. The van der Waals surface area contributed by atoms with E-state index in [-0.39, 0.29) is 5.97 Å². The van der Waals surface area contributed by atoms with E-state index in [0.717, 1.165) is 28.1 Å². The number of imidazole rings is 1. The number of ether oxygens (including phenoxy) is 1. The molecule has 5 rings (SSSR count). The second-order valence-electron chi connectivity index (χ2n) is 7.98. The molecule has 2 aromatic heterocycles. The lowest BCUT2D eigenvalue weighted by molar-refractivity contribution is 0.0601. The Labute approximate surface area is 169 Å². The number of benzene rings is 2. The number of hydrogen-bond acceptors (Lipinski definition) is 3. The Hall–Kier alpha value is -3.08. The molecule has 0 unspecified atom stereocenters. The Morgan fingerprint density at radius 1 is 1.14 bits per heavy atom. The molecule has 1 aliphatic rings. The third-order valence-electron chi connectivity index (χ3n) is 6.29. The minimum absolute atomic E-state index is 0.308. The Morgan fingerprint density at radius 2 is 1.93 bits per heavy atom. The summed E-state index contributed by atoms with van der Waals surface area (Å²) in [5.41, 5.74) is 6.12. The van der Waals surface area contributed by atoms with Gasteiger partial charge in [0.05, 0.1) is 29.4 Å². The molecule has 1 aliphatic carbocycles. The van der Waals surface area contributed by atoms with E-state index in [4.69, 9.17) is 9.72 Å². The molecule has 0 bridgehead atoms. The lowest BCUT2D eigenvalue weighted by Crippen LogP contribution is -2.06. The third-order valence-corrected chi connectivity index (χ3v) is 6.29. The molecule has 5 heteroatoms. The molecule has 0 atom stereocenters. The van der Waals surface area contributed by atoms with Crippen molar-refractivity contribution in [2.24, 2.45) is 7.05 Å². The number of aryl methyl sites for hydroxylation is 1. The summed E-state index contributed by atoms with van der Waals surface area (Å²) in [6.07, 6.45) is 6.24. The zero-order valence-corrected chi connectivity index (χ0v) is 16.9. The van der Waals surface area contributed by atoms with Crippen molar-refractivity contribution in [3.8, 4) is 11.5 Å². The van der Waals surface area contributed by atoms with Gasteiger partial charge in [-0.15, -0.1) is 0 Å². The molecule has 0 amide bonds. The maximum absolute atomic E-state index is 12.1. The van der Waals surface area contributed by atoms with Crippen LogP contribution in [-0.4, -0.2) is 27.6 Å². The summed E-state index contributed by atoms with van der Waals surface area (Å²) < 4.78 is 7.12. The highest BCUT2D eigenvalue weighted by Crippen LogP contribution is 2.43. The van der Waals surface area contributed by atoms with Crippen LogP contribution in [0.2, 0.25) is 0 Å². The van der Waals surface area contributed by atoms with Gasteiger partial charge in [0.25, 0.3) is 0 Å². The van der Waals surface area contributed by atoms with Crippen LogP contribution in [0.25, 0.3) is 33.5 Å². The van der Waals surface area contributed by atoms with Crippen LogP contribution in [0.3, 0.4) is 0 Å². The molecule has 5 nitrogen and oxygen atoms in total. The molecule has 1 saturated carbocycles. The van der Waals surface area contributed by atoms with Crippen molar-refractivity contribution in [2.45, 2.75) is 38.0 Å². The van der Waals surface area contributed by atoms with Gasteiger partial charge in [0.2, 0.25) is 0 Å². The molecule has 1 fully saturated rings. The van der Waals surface area contributed by atoms with Gasteiger partial charge in [-0.2, -0.15) is 0 Å². The van der Waals surface area contributed by atoms with E-state index < -0.39 is 0 Å². The largest absolute Gasteiger partial charge is 0.465 e. The van der Waals surface area contributed by atoms with Gasteiger partial charge in [-0.05, 0) is 48.6 Å². The van der Waals surface area contributed by atoms with Crippen molar-refractivity contribution < 1.29 is 9.53 Å².